The minimum absolute atomic E-state index is 0.00977. The third-order valence-electron chi connectivity index (χ3n) is 2.78. The highest BCUT2D eigenvalue weighted by atomic mass is 35.5. The molecule has 112 valence electrons. The molecule has 5 heteroatoms. The number of rotatable bonds is 6. The first kappa shape index (κ1) is 16.8. The summed E-state index contributed by atoms with van der Waals surface area (Å²) in [5, 5.41) is 3.35. The van der Waals surface area contributed by atoms with Crippen LogP contribution >= 0.6 is 11.6 Å². The summed E-state index contributed by atoms with van der Waals surface area (Å²) >= 11 is 6.09. The van der Waals surface area contributed by atoms with E-state index in [0.29, 0.717) is 28.2 Å². The zero-order chi connectivity index (χ0) is 15.3. The summed E-state index contributed by atoms with van der Waals surface area (Å²) in [7, 11) is 1.75. The van der Waals surface area contributed by atoms with E-state index in [0.717, 1.165) is 13.1 Å². The van der Waals surface area contributed by atoms with Gasteiger partial charge in [-0.1, -0.05) is 39.3 Å². The van der Waals surface area contributed by atoms with Crippen LogP contribution in [-0.4, -0.2) is 35.9 Å². The van der Waals surface area contributed by atoms with Gasteiger partial charge < -0.3 is 10.2 Å². The zero-order valence-electron chi connectivity index (χ0n) is 12.9. The molecule has 20 heavy (non-hydrogen) atoms. The molecule has 0 aliphatic heterocycles. The molecule has 0 aliphatic rings. The Morgan fingerprint density at radius 2 is 1.85 bits per heavy atom. The number of anilines is 1. The Balaban J connectivity index is 2.96. The molecule has 1 heterocycles. The zero-order valence-corrected chi connectivity index (χ0v) is 13.7. The van der Waals surface area contributed by atoms with Gasteiger partial charge in [0, 0.05) is 26.3 Å². The molecule has 0 bridgehead atoms. The summed E-state index contributed by atoms with van der Waals surface area (Å²) < 4.78 is 0. The van der Waals surface area contributed by atoms with E-state index in [-0.39, 0.29) is 5.91 Å². The second-order valence-electron chi connectivity index (χ2n) is 5.80. The van der Waals surface area contributed by atoms with Gasteiger partial charge in [-0.25, -0.2) is 4.98 Å². The smallest absolute Gasteiger partial charge is 0.255 e. The predicted octanol–water partition coefficient (Wildman–Crippen LogP) is 3.53. The number of hydrogen-bond acceptors (Lipinski definition) is 3. The number of halogens is 1. The van der Waals surface area contributed by atoms with E-state index in [4.69, 9.17) is 11.6 Å². The highest BCUT2D eigenvalue weighted by Crippen LogP contribution is 2.20. The van der Waals surface area contributed by atoms with Crippen molar-refractivity contribution in [1.82, 2.24) is 9.88 Å². The molecule has 0 fully saturated rings. The summed E-state index contributed by atoms with van der Waals surface area (Å²) in [6.07, 6.45) is 1.58. The molecule has 1 aromatic rings. The van der Waals surface area contributed by atoms with E-state index in [9.17, 15) is 4.79 Å². The van der Waals surface area contributed by atoms with Gasteiger partial charge in [0.15, 0.2) is 0 Å². The lowest BCUT2D eigenvalue weighted by Gasteiger charge is -2.26. The number of nitrogens with zero attached hydrogens (tertiary/aromatic N) is 2. The largest absolute Gasteiger partial charge is 0.372 e. The van der Waals surface area contributed by atoms with E-state index in [1.807, 2.05) is 4.90 Å². The van der Waals surface area contributed by atoms with Gasteiger partial charge in [0.2, 0.25) is 0 Å². The Hall–Kier alpha value is -1.29. The van der Waals surface area contributed by atoms with Crippen molar-refractivity contribution in [3.05, 3.63) is 22.8 Å². The first-order valence-electron chi connectivity index (χ1n) is 6.97. The van der Waals surface area contributed by atoms with Gasteiger partial charge in [0.05, 0.1) is 10.6 Å². The van der Waals surface area contributed by atoms with Crippen LogP contribution in [0.25, 0.3) is 0 Å². The van der Waals surface area contributed by atoms with Crippen LogP contribution in [0.4, 0.5) is 5.82 Å². The van der Waals surface area contributed by atoms with Crippen LogP contribution in [0, 0.1) is 11.8 Å². The topological polar surface area (TPSA) is 45.2 Å². The standard InChI is InChI=1S/C15H24ClN3O/c1-10(2)8-19(9-11(3)4)15(20)12-6-13(16)14(17-5)18-7-12/h6-7,10-11H,8-9H2,1-5H3,(H,17,18). The lowest BCUT2D eigenvalue weighted by molar-refractivity contribution is 0.0714. The molecule has 0 aliphatic carbocycles. The van der Waals surface area contributed by atoms with Crippen molar-refractivity contribution in [3.8, 4) is 0 Å². The molecule has 0 atom stereocenters. The number of nitrogens with one attached hydrogen (secondary N) is 1. The number of carbonyl (C=O) groups is 1. The van der Waals surface area contributed by atoms with Crippen molar-refractivity contribution in [2.45, 2.75) is 27.7 Å². The maximum absolute atomic E-state index is 12.6. The van der Waals surface area contributed by atoms with Crippen molar-refractivity contribution >= 4 is 23.3 Å². The first-order valence-corrected chi connectivity index (χ1v) is 7.35. The lowest BCUT2D eigenvalue weighted by atomic mass is 10.1. The van der Waals surface area contributed by atoms with Crippen LogP contribution in [0.2, 0.25) is 5.02 Å². The molecule has 0 radical (unpaired) electrons. The Morgan fingerprint density at radius 3 is 2.25 bits per heavy atom. The van der Waals surface area contributed by atoms with Gasteiger partial charge >= 0.3 is 0 Å². The normalized spacial score (nSPS) is 11.0. The van der Waals surface area contributed by atoms with Gasteiger partial charge in [-0.15, -0.1) is 0 Å². The van der Waals surface area contributed by atoms with Crippen LogP contribution in [0.3, 0.4) is 0 Å². The van der Waals surface area contributed by atoms with Gasteiger partial charge in [0.25, 0.3) is 5.91 Å². The fourth-order valence-corrected chi connectivity index (χ4v) is 2.30. The van der Waals surface area contributed by atoms with E-state index in [1.54, 1.807) is 19.3 Å². The minimum atomic E-state index is -0.00977. The number of pyridine rings is 1. The third-order valence-corrected chi connectivity index (χ3v) is 3.07. The van der Waals surface area contributed by atoms with Crippen LogP contribution in [-0.2, 0) is 0 Å². The molecule has 0 saturated carbocycles. The van der Waals surface area contributed by atoms with Gasteiger partial charge in [-0.2, -0.15) is 0 Å². The van der Waals surface area contributed by atoms with E-state index < -0.39 is 0 Å². The highest BCUT2D eigenvalue weighted by molar-refractivity contribution is 6.33. The van der Waals surface area contributed by atoms with Crippen LogP contribution in [0.15, 0.2) is 12.3 Å². The quantitative estimate of drug-likeness (QED) is 0.873. The van der Waals surface area contributed by atoms with Crippen LogP contribution in [0.5, 0.6) is 0 Å². The number of aromatic nitrogens is 1. The second-order valence-corrected chi connectivity index (χ2v) is 6.21. The van der Waals surface area contributed by atoms with Crippen LogP contribution in [0.1, 0.15) is 38.1 Å². The number of amides is 1. The lowest BCUT2D eigenvalue weighted by Crippen LogP contribution is -2.37. The Morgan fingerprint density at radius 1 is 1.30 bits per heavy atom. The summed E-state index contributed by atoms with van der Waals surface area (Å²) in [5.41, 5.74) is 0.537. The summed E-state index contributed by atoms with van der Waals surface area (Å²) in [6, 6.07) is 1.68. The van der Waals surface area contributed by atoms with E-state index in [1.165, 1.54) is 0 Å². The highest BCUT2D eigenvalue weighted by Gasteiger charge is 2.19. The monoisotopic (exact) mass is 297 g/mol. The Labute approximate surface area is 126 Å². The fraction of sp³-hybridized carbons (Fsp3) is 0.600. The van der Waals surface area contributed by atoms with Crippen molar-refractivity contribution in [1.29, 1.82) is 0 Å². The van der Waals surface area contributed by atoms with E-state index >= 15 is 0 Å². The summed E-state index contributed by atoms with van der Waals surface area (Å²) in [5.74, 6) is 1.43. The minimum Gasteiger partial charge on any atom is -0.372 e. The van der Waals surface area contributed by atoms with Crippen molar-refractivity contribution in [2.24, 2.45) is 11.8 Å². The fourth-order valence-electron chi connectivity index (χ4n) is 2.04. The number of carbonyl (C=O) groups excluding carboxylic acids is 1. The Bertz CT molecular complexity index is 450. The molecular formula is C15H24ClN3O. The predicted molar refractivity (Wildman–Crippen MR) is 84.4 cm³/mol. The average molecular weight is 298 g/mol. The maximum atomic E-state index is 12.6. The van der Waals surface area contributed by atoms with Crippen molar-refractivity contribution in [2.75, 3.05) is 25.5 Å². The molecule has 1 amide bonds. The van der Waals surface area contributed by atoms with Gasteiger partial charge in [-0.3, -0.25) is 4.79 Å². The van der Waals surface area contributed by atoms with Crippen LogP contribution < -0.4 is 5.32 Å². The van der Waals surface area contributed by atoms with Gasteiger partial charge in [0.1, 0.15) is 5.82 Å². The summed E-state index contributed by atoms with van der Waals surface area (Å²) in [6.45, 7) is 9.91. The summed E-state index contributed by atoms with van der Waals surface area (Å²) in [4.78, 5) is 18.6. The molecule has 0 unspecified atom stereocenters. The first-order chi connectivity index (χ1) is 9.35. The second kappa shape index (κ2) is 7.48. The molecule has 4 nitrogen and oxygen atoms in total. The van der Waals surface area contributed by atoms with Crippen molar-refractivity contribution in [3.63, 3.8) is 0 Å². The van der Waals surface area contributed by atoms with E-state index in [2.05, 4.69) is 38.0 Å². The molecule has 0 aromatic carbocycles. The maximum Gasteiger partial charge on any atom is 0.255 e. The molecule has 0 spiro atoms. The molecule has 1 N–H and O–H groups in total. The molecular weight excluding hydrogens is 274 g/mol. The molecule has 1 aromatic heterocycles. The Kier molecular flexibility index (Phi) is 6.27. The average Bonchev–Trinajstić information content (AvgIpc) is 2.35. The molecule has 0 saturated heterocycles. The number of hydrogen-bond donors (Lipinski definition) is 1. The van der Waals surface area contributed by atoms with Crippen molar-refractivity contribution < 1.29 is 4.79 Å². The van der Waals surface area contributed by atoms with Gasteiger partial charge in [-0.05, 0) is 17.9 Å². The third kappa shape index (κ3) is 4.67. The SMILES string of the molecule is CNc1ncc(C(=O)N(CC(C)C)CC(C)C)cc1Cl. The molecule has 1 rings (SSSR count).